The number of H-pyrrole nitrogens is 1. The van der Waals surface area contributed by atoms with Crippen LogP contribution in [0.5, 0.6) is 0 Å². The van der Waals surface area contributed by atoms with E-state index in [-0.39, 0.29) is 22.0 Å². The molecule has 0 bridgehead atoms. The molecular weight excluding hydrogens is 304 g/mol. The van der Waals surface area contributed by atoms with Gasteiger partial charge in [0, 0.05) is 6.20 Å². The number of aromatic amines is 1. The van der Waals surface area contributed by atoms with Gasteiger partial charge in [-0.2, -0.15) is 0 Å². The Morgan fingerprint density at radius 2 is 2.17 bits per heavy atom. The molecule has 0 fully saturated rings. The fraction of sp³-hybridized carbons (Fsp3) is 0.364. The summed E-state index contributed by atoms with van der Waals surface area (Å²) in [7, 11) is 0. The molecule has 1 heterocycles. The predicted molar refractivity (Wildman–Crippen MR) is 68.6 cm³/mol. The van der Waals surface area contributed by atoms with Crippen molar-refractivity contribution in [3.8, 4) is 0 Å². The molecule has 0 spiro atoms. The number of carboxylic acids is 1. The lowest BCUT2D eigenvalue weighted by Crippen LogP contribution is -2.51. The molecule has 0 saturated heterocycles. The van der Waals surface area contributed by atoms with Crippen LogP contribution < -0.4 is 10.9 Å². The molecule has 18 heavy (non-hydrogen) atoms. The van der Waals surface area contributed by atoms with Gasteiger partial charge in [0.05, 0.1) is 10.0 Å². The van der Waals surface area contributed by atoms with Crippen LogP contribution >= 0.6 is 15.9 Å². The van der Waals surface area contributed by atoms with Crippen molar-refractivity contribution < 1.29 is 14.7 Å². The molecule has 0 radical (unpaired) electrons. The number of rotatable bonds is 4. The first kappa shape index (κ1) is 14.4. The van der Waals surface area contributed by atoms with Crippen molar-refractivity contribution in [2.75, 3.05) is 0 Å². The molecular formula is C11H13BrN2O4. The first-order valence-electron chi connectivity index (χ1n) is 5.24. The molecule has 1 atom stereocenters. The smallest absolute Gasteiger partial charge is 0.329 e. The van der Waals surface area contributed by atoms with Crippen LogP contribution in [0, 0.1) is 0 Å². The van der Waals surface area contributed by atoms with Crippen molar-refractivity contribution in [2.45, 2.75) is 25.8 Å². The van der Waals surface area contributed by atoms with E-state index in [1.165, 1.54) is 19.2 Å². The molecule has 98 valence electrons. The molecule has 0 aromatic carbocycles. The minimum Gasteiger partial charge on any atom is -0.480 e. The highest BCUT2D eigenvalue weighted by molar-refractivity contribution is 9.10. The van der Waals surface area contributed by atoms with Crippen molar-refractivity contribution >= 4 is 27.8 Å². The molecule has 1 amide bonds. The van der Waals surface area contributed by atoms with Gasteiger partial charge in [0.1, 0.15) is 5.54 Å². The standard InChI is InChI=1S/C11H13BrN2O4/c1-3-11(2,10(17)18)14-8(15)6-4-7(12)9(16)13-5-6/h4-5H,3H2,1-2H3,(H,13,16)(H,14,15)(H,17,18). The molecule has 3 N–H and O–H groups in total. The van der Waals surface area contributed by atoms with Gasteiger partial charge in [-0.05, 0) is 35.3 Å². The first-order chi connectivity index (χ1) is 8.30. The van der Waals surface area contributed by atoms with Crippen LogP contribution in [0.2, 0.25) is 0 Å². The molecule has 1 aromatic heterocycles. The van der Waals surface area contributed by atoms with E-state index in [1.54, 1.807) is 6.92 Å². The van der Waals surface area contributed by atoms with Gasteiger partial charge < -0.3 is 15.4 Å². The summed E-state index contributed by atoms with van der Waals surface area (Å²) >= 11 is 3.00. The summed E-state index contributed by atoms with van der Waals surface area (Å²) in [6, 6.07) is 1.34. The molecule has 0 aliphatic heterocycles. The highest BCUT2D eigenvalue weighted by Crippen LogP contribution is 2.12. The van der Waals surface area contributed by atoms with Crippen LogP contribution in [0.15, 0.2) is 21.5 Å². The van der Waals surface area contributed by atoms with Crippen molar-refractivity contribution in [3.05, 3.63) is 32.7 Å². The molecule has 0 aliphatic rings. The number of carbonyl (C=O) groups excluding carboxylic acids is 1. The summed E-state index contributed by atoms with van der Waals surface area (Å²) in [5.74, 6) is -1.67. The van der Waals surface area contributed by atoms with Gasteiger partial charge in [0.2, 0.25) is 0 Å². The molecule has 0 aliphatic carbocycles. The van der Waals surface area contributed by atoms with E-state index in [2.05, 4.69) is 26.2 Å². The zero-order valence-corrected chi connectivity index (χ0v) is 11.5. The number of hydrogen-bond acceptors (Lipinski definition) is 3. The molecule has 0 saturated carbocycles. The highest BCUT2D eigenvalue weighted by atomic mass is 79.9. The normalized spacial score (nSPS) is 13.7. The Bertz CT molecular complexity index is 540. The van der Waals surface area contributed by atoms with Gasteiger partial charge in [0.25, 0.3) is 11.5 Å². The van der Waals surface area contributed by atoms with Crippen molar-refractivity contribution in [2.24, 2.45) is 0 Å². The summed E-state index contributed by atoms with van der Waals surface area (Å²) in [6.07, 6.45) is 1.49. The van der Waals surface area contributed by atoms with Crippen LogP contribution in [-0.2, 0) is 4.79 Å². The van der Waals surface area contributed by atoms with Crippen molar-refractivity contribution in [1.82, 2.24) is 10.3 Å². The maximum absolute atomic E-state index is 11.9. The first-order valence-corrected chi connectivity index (χ1v) is 6.03. The van der Waals surface area contributed by atoms with Gasteiger partial charge in [-0.3, -0.25) is 9.59 Å². The van der Waals surface area contributed by atoms with E-state index in [4.69, 9.17) is 5.11 Å². The largest absolute Gasteiger partial charge is 0.480 e. The predicted octanol–water partition coefficient (Wildman–Crippen LogP) is 1.12. The lowest BCUT2D eigenvalue weighted by molar-refractivity contribution is -0.143. The second-order valence-electron chi connectivity index (χ2n) is 4.01. The molecule has 1 unspecified atom stereocenters. The third kappa shape index (κ3) is 2.98. The number of nitrogens with one attached hydrogen (secondary N) is 2. The Labute approximate surface area is 112 Å². The number of carbonyl (C=O) groups is 2. The van der Waals surface area contributed by atoms with E-state index in [0.29, 0.717) is 0 Å². The van der Waals surface area contributed by atoms with Crippen LogP contribution in [-0.4, -0.2) is 27.5 Å². The van der Waals surface area contributed by atoms with Crippen molar-refractivity contribution in [1.29, 1.82) is 0 Å². The Kier molecular flexibility index (Phi) is 4.28. The molecule has 7 heteroatoms. The summed E-state index contributed by atoms with van der Waals surface area (Å²) < 4.78 is 0.212. The number of hydrogen-bond donors (Lipinski definition) is 3. The maximum Gasteiger partial charge on any atom is 0.329 e. The summed E-state index contributed by atoms with van der Waals surface area (Å²) in [6.45, 7) is 3.09. The Morgan fingerprint density at radius 1 is 1.56 bits per heavy atom. The zero-order chi connectivity index (χ0) is 13.9. The molecule has 6 nitrogen and oxygen atoms in total. The highest BCUT2D eigenvalue weighted by Gasteiger charge is 2.33. The zero-order valence-electron chi connectivity index (χ0n) is 9.91. The lowest BCUT2D eigenvalue weighted by Gasteiger charge is -2.24. The van der Waals surface area contributed by atoms with Crippen molar-refractivity contribution in [3.63, 3.8) is 0 Å². The summed E-state index contributed by atoms with van der Waals surface area (Å²) in [4.78, 5) is 36.4. The minimum absolute atomic E-state index is 0.183. The molecule has 1 rings (SSSR count). The number of aromatic nitrogens is 1. The monoisotopic (exact) mass is 316 g/mol. The fourth-order valence-electron chi connectivity index (χ4n) is 1.20. The van der Waals surface area contributed by atoms with Crippen LogP contribution in [0.25, 0.3) is 0 Å². The van der Waals surface area contributed by atoms with Gasteiger partial charge in [-0.15, -0.1) is 0 Å². The van der Waals surface area contributed by atoms with Gasteiger partial charge in [0.15, 0.2) is 0 Å². The fourth-order valence-corrected chi connectivity index (χ4v) is 1.56. The summed E-state index contributed by atoms with van der Waals surface area (Å²) in [5.41, 5.74) is -1.51. The second kappa shape index (κ2) is 5.34. The van der Waals surface area contributed by atoms with E-state index in [0.717, 1.165) is 0 Å². The minimum atomic E-state index is -1.33. The van der Waals surface area contributed by atoms with Gasteiger partial charge in [-0.25, -0.2) is 4.79 Å². The van der Waals surface area contributed by atoms with E-state index in [1.807, 2.05) is 0 Å². The quantitative estimate of drug-likeness (QED) is 0.775. The van der Waals surface area contributed by atoms with E-state index >= 15 is 0 Å². The number of halogens is 1. The van der Waals surface area contributed by atoms with E-state index in [9.17, 15) is 14.4 Å². The SMILES string of the molecule is CCC(C)(NC(=O)c1c[nH]c(=O)c(Br)c1)C(=O)O. The summed E-state index contributed by atoms with van der Waals surface area (Å²) in [5, 5.41) is 11.5. The Hall–Kier alpha value is -1.63. The third-order valence-electron chi connectivity index (χ3n) is 2.69. The number of amides is 1. The van der Waals surface area contributed by atoms with Crippen LogP contribution in [0.3, 0.4) is 0 Å². The average molecular weight is 317 g/mol. The second-order valence-corrected chi connectivity index (χ2v) is 4.86. The van der Waals surface area contributed by atoms with Gasteiger partial charge in [-0.1, -0.05) is 6.92 Å². The maximum atomic E-state index is 11.9. The number of carboxylic acid groups (broad SMARTS) is 1. The van der Waals surface area contributed by atoms with E-state index < -0.39 is 17.4 Å². The lowest BCUT2D eigenvalue weighted by atomic mass is 9.99. The topological polar surface area (TPSA) is 99.3 Å². The van der Waals surface area contributed by atoms with Crippen LogP contribution in [0.4, 0.5) is 0 Å². The van der Waals surface area contributed by atoms with Gasteiger partial charge >= 0.3 is 5.97 Å². The molecule has 1 aromatic rings. The number of pyridine rings is 1. The third-order valence-corrected chi connectivity index (χ3v) is 3.28. The number of aliphatic carboxylic acids is 1. The van der Waals surface area contributed by atoms with Crippen LogP contribution in [0.1, 0.15) is 30.6 Å². The Balaban J connectivity index is 2.98. The Morgan fingerprint density at radius 3 is 2.61 bits per heavy atom. The average Bonchev–Trinajstić information content (AvgIpc) is 2.32.